The Labute approximate surface area is 161 Å². The lowest BCUT2D eigenvalue weighted by molar-refractivity contribution is 0.130. The van der Waals surface area contributed by atoms with E-state index in [1.54, 1.807) is 31.2 Å². The number of aliphatic hydroxyl groups is 1. The summed E-state index contributed by atoms with van der Waals surface area (Å²) in [7, 11) is 0. The molecule has 3 N–H and O–H groups in total. The summed E-state index contributed by atoms with van der Waals surface area (Å²) >= 11 is 0. The first-order valence-electron chi connectivity index (χ1n) is 8.68. The third-order valence-electron chi connectivity index (χ3n) is 3.86. The average Bonchev–Trinajstić information content (AvgIpc) is 3.20. The molecule has 0 unspecified atom stereocenters. The molecule has 0 fully saturated rings. The molecule has 0 aliphatic heterocycles. The predicted octanol–water partition coefficient (Wildman–Crippen LogP) is 4.24. The average molecular weight is 385 g/mol. The van der Waals surface area contributed by atoms with E-state index < -0.39 is 12.1 Å². The molecule has 0 bridgehead atoms. The zero-order chi connectivity index (χ0) is 19.9. The van der Waals surface area contributed by atoms with Crippen molar-refractivity contribution in [2.75, 3.05) is 5.32 Å². The number of nitrogens with one attached hydrogen (secondary N) is 2. The Morgan fingerprint density at radius 1 is 1.25 bits per heavy atom. The summed E-state index contributed by atoms with van der Waals surface area (Å²) in [5.74, 6) is 0.871. The van der Waals surface area contributed by atoms with Crippen molar-refractivity contribution < 1.29 is 23.4 Å². The van der Waals surface area contributed by atoms with E-state index in [1.165, 1.54) is 36.7 Å². The molecule has 0 saturated carbocycles. The number of carbonyl (C=O) groups is 1. The van der Waals surface area contributed by atoms with Gasteiger partial charge in [0.15, 0.2) is 0 Å². The van der Waals surface area contributed by atoms with Crippen molar-refractivity contribution >= 4 is 11.7 Å². The van der Waals surface area contributed by atoms with E-state index in [0.29, 0.717) is 29.5 Å². The summed E-state index contributed by atoms with van der Waals surface area (Å²) in [5.41, 5.74) is 0.475. The van der Waals surface area contributed by atoms with Crippen molar-refractivity contribution in [3.8, 4) is 11.6 Å². The van der Waals surface area contributed by atoms with Crippen LogP contribution in [-0.4, -0.2) is 22.2 Å². The molecule has 0 aliphatic carbocycles. The van der Waals surface area contributed by atoms with Gasteiger partial charge in [0, 0.05) is 18.5 Å². The fraction of sp³-hybridized carbons (Fsp3) is 0.200. The van der Waals surface area contributed by atoms with Crippen molar-refractivity contribution in [3.63, 3.8) is 0 Å². The summed E-state index contributed by atoms with van der Waals surface area (Å²) in [5, 5.41) is 15.4. The normalized spacial score (nSPS) is 12.8. The second-order valence-corrected chi connectivity index (χ2v) is 6.21. The number of anilines is 1. The van der Waals surface area contributed by atoms with Crippen molar-refractivity contribution in [1.29, 1.82) is 0 Å². The van der Waals surface area contributed by atoms with Gasteiger partial charge in [-0.3, -0.25) is 0 Å². The second kappa shape index (κ2) is 9.01. The summed E-state index contributed by atoms with van der Waals surface area (Å²) in [4.78, 5) is 16.2. The van der Waals surface area contributed by atoms with Gasteiger partial charge in [-0.2, -0.15) is 0 Å². The number of benzene rings is 1. The fourth-order valence-corrected chi connectivity index (χ4v) is 2.52. The molecule has 2 heterocycles. The summed E-state index contributed by atoms with van der Waals surface area (Å²) in [6.07, 6.45) is 2.44. The molecule has 2 atom stereocenters. The highest BCUT2D eigenvalue weighted by Crippen LogP contribution is 2.21. The van der Waals surface area contributed by atoms with Crippen LogP contribution < -0.4 is 15.4 Å². The molecular formula is C20H20FN3O4. The summed E-state index contributed by atoms with van der Waals surface area (Å²) in [6.45, 7) is 1.78. The molecule has 0 aliphatic rings. The van der Waals surface area contributed by atoms with Gasteiger partial charge in [-0.1, -0.05) is 0 Å². The lowest BCUT2D eigenvalue weighted by atomic mass is 10.1. The molecular weight excluding hydrogens is 365 g/mol. The number of urea groups is 1. The number of ether oxygens (including phenoxy) is 1. The zero-order valence-electron chi connectivity index (χ0n) is 15.1. The first-order chi connectivity index (χ1) is 13.5. The Morgan fingerprint density at radius 3 is 2.68 bits per heavy atom. The Bertz CT molecular complexity index is 883. The van der Waals surface area contributed by atoms with Crippen molar-refractivity contribution in [3.05, 3.63) is 72.6 Å². The van der Waals surface area contributed by atoms with Gasteiger partial charge in [0.25, 0.3) is 0 Å². The van der Waals surface area contributed by atoms with E-state index in [4.69, 9.17) is 9.15 Å². The van der Waals surface area contributed by atoms with E-state index in [0.717, 1.165) is 0 Å². The van der Waals surface area contributed by atoms with Crippen LogP contribution in [0.5, 0.6) is 11.6 Å². The monoisotopic (exact) mass is 385 g/mol. The predicted molar refractivity (Wildman–Crippen MR) is 101 cm³/mol. The minimum absolute atomic E-state index is 0.283. The van der Waals surface area contributed by atoms with Gasteiger partial charge in [-0.25, -0.2) is 14.2 Å². The summed E-state index contributed by atoms with van der Waals surface area (Å²) in [6, 6.07) is 11.5. The standard InChI is InChI=1S/C20H20FN3O4/c1-13(11-17(25)18-3-2-10-27-18)23-20(26)24-15-6-9-19(22-12-15)28-16-7-4-14(21)5-8-16/h2-10,12-13,17,25H,11H2,1H3,(H2,23,24,26)/t13-,17-/m0/s1. The Balaban J connectivity index is 1.47. The van der Waals surface area contributed by atoms with Gasteiger partial charge in [0.05, 0.1) is 18.1 Å². The number of aromatic nitrogens is 1. The first-order valence-corrected chi connectivity index (χ1v) is 8.68. The van der Waals surface area contributed by atoms with Crippen LogP contribution in [0.2, 0.25) is 0 Å². The molecule has 146 valence electrons. The largest absolute Gasteiger partial charge is 0.467 e. The molecule has 7 nitrogen and oxygen atoms in total. The van der Waals surface area contributed by atoms with Crippen molar-refractivity contribution in [2.45, 2.75) is 25.5 Å². The highest BCUT2D eigenvalue weighted by Gasteiger charge is 2.16. The van der Waals surface area contributed by atoms with Crippen LogP contribution in [0.15, 0.2) is 65.4 Å². The number of aliphatic hydroxyl groups excluding tert-OH is 1. The number of carbonyl (C=O) groups excluding carboxylic acids is 1. The van der Waals surface area contributed by atoms with Crippen LogP contribution in [0.25, 0.3) is 0 Å². The molecule has 1 aromatic carbocycles. The zero-order valence-corrected chi connectivity index (χ0v) is 15.1. The van der Waals surface area contributed by atoms with Crippen LogP contribution in [0, 0.1) is 5.82 Å². The van der Waals surface area contributed by atoms with Crippen LogP contribution >= 0.6 is 0 Å². The molecule has 0 saturated heterocycles. The van der Waals surface area contributed by atoms with Gasteiger partial charge in [-0.15, -0.1) is 0 Å². The molecule has 8 heteroatoms. The third kappa shape index (κ3) is 5.55. The van der Waals surface area contributed by atoms with Gasteiger partial charge < -0.3 is 24.9 Å². The molecule has 2 aromatic heterocycles. The number of hydrogen-bond acceptors (Lipinski definition) is 5. The number of amides is 2. The number of nitrogens with zero attached hydrogens (tertiary/aromatic N) is 1. The molecule has 3 aromatic rings. The molecule has 2 amide bonds. The van der Waals surface area contributed by atoms with E-state index >= 15 is 0 Å². The number of pyridine rings is 1. The Hall–Kier alpha value is -3.39. The van der Waals surface area contributed by atoms with Crippen LogP contribution in [-0.2, 0) is 0 Å². The minimum Gasteiger partial charge on any atom is -0.467 e. The maximum atomic E-state index is 12.9. The van der Waals surface area contributed by atoms with E-state index in [1.807, 2.05) is 0 Å². The topological polar surface area (TPSA) is 96.6 Å². The van der Waals surface area contributed by atoms with Gasteiger partial charge >= 0.3 is 6.03 Å². The van der Waals surface area contributed by atoms with E-state index in [2.05, 4.69) is 15.6 Å². The fourth-order valence-electron chi connectivity index (χ4n) is 2.52. The Kier molecular flexibility index (Phi) is 6.23. The minimum atomic E-state index is -0.796. The summed E-state index contributed by atoms with van der Waals surface area (Å²) < 4.78 is 23.5. The van der Waals surface area contributed by atoms with Gasteiger partial charge in [-0.05, 0) is 49.4 Å². The van der Waals surface area contributed by atoms with Gasteiger partial charge in [0.2, 0.25) is 5.88 Å². The number of hydrogen-bond donors (Lipinski definition) is 3. The third-order valence-corrected chi connectivity index (χ3v) is 3.86. The molecule has 28 heavy (non-hydrogen) atoms. The maximum Gasteiger partial charge on any atom is 0.319 e. The maximum absolute atomic E-state index is 12.9. The first kappa shape index (κ1) is 19.4. The number of furan rings is 1. The van der Waals surface area contributed by atoms with E-state index in [-0.39, 0.29) is 11.9 Å². The van der Waals surface area contributed by atoms with E-state index in [9.17, 15) is 14.3 Å². The second-order valence-electron chi connectivity index (χ2n) is 6.21. The highest BCUT2D eigenvalue weighted by atomic mass is 19.1. The SMILES string of the molecule is C[C@@H](C[C@H](O)c1ccco1)NC(=O)Nc1ccc(Oc2ccc(F)cc2)nc1. The van der Waals surface area contributed by atoms with Crippen molar-refractivity contribution in [2.24, 2.45) is 0 Å². The molecule has 0 spiro atoms. The lowest BCUT2D eigenvalue weighted by Crippen LogP contribution is -2.37. The van der Waals surface area contributed by atoms with Crippen LogP contribution in [0.4, 0.5) is 14.9 Å². The van der Waals surface area contributed by atoms with Crippen LogP contribution in [0.3, 0.4) is 0 Å². The smallest absolute Gasteiger partial charge is 0.319 e. The molecule has 0 radical (unpaired) electrons. The Morgan fingerprint density at radius 2 is 2.04 bits per heavy atom. The number of rotatable bonds is 7. The highest BCUT2D eigenvalue weighted by molar-refractivity contribution is 5.89. The quantitative estimate of drug-likeness (QED) is 0.565. The van der Waals surface area contributed by atoms with Crippen molar-refractivity contribution in [1.82, 2.24) is 10.3 Å². The molecule has 3 rings (SSSR count). The lowest BCUT2D eigenvalue weighted by Gasteiger charge is -2.17. The van der Waals surface area contributed by atoms with Crippen LogP contribution in [0.1, 0.15) is 25.2 Å². The van der Waals surface area contributed by atoms with Gasteiger partial charge in [0.1, 0.15) is 23.4 Å². The number of halogens is 1.